The summed E-state index contributed by atoms with van der Waals surface area (Å²) in [6.45, 7) is 6.11. The van der Waals surface area contributed by atoms with Crippen molar-refractivity contribution in [2.75, 3.05) is 7.11 Å². The first-order chi connectivity index (χ1) is 7.33. The summed E-state index contributed by atoms with van der Waals surface area (Å²) < 4.78 is 10.5. The van der Waals surface area contributed by atoms with E-state index in [0.717, 1.165) is 0 Å². The lowest BCUT2D eigenvalue weighted by Crippen LogP contribution is -2.30. The lowest BCUT2D eigenvalue weighted by atomic mass is 10.2. The summed E-state index contributed by atoms with van der Waals surface area (Å²) in [5, 5.41) is 0.543. The third-order valence-electron chi connectivity index (χ3n) is 1.77. The normalized spacial score (nSPS) is 11.1. The van der Waals surface area contributed by atoms with Gasteiger partial charge in [0.2, 0.25) is 8.32 Å². The van der Waals surface area contributed by atoms with E-state index in [2.05, 4.69) is 4.74 Å². The van der Waals surface area contributed by atoms with E-state index < -0.39 is 14.3 Å². The molecule has 0 aliphatic rings. The average molecular weight is 259 g/mol. The molecule has 0 fully saturated rings. The highest BCUT2D eigenvalue weighted by molar-refractivity contribution is 6.70. The third kappa shape index (κ3) is 3.54. The van der Waals surface area contributed by atoms with Crippen LogP contribution >= 0.6 is 11.6 Å². The largest absolute Gasteiger partial charge is 0.544 e. The standard InChI is InChI=1S/C11H15ClO3Si/c1-14-11(13)9-6-5-8(12)7-10(9)15-16(2,3)4/h5-7H,1-4H3. The molecule has 0 atom stereocenters. The second-order valence-electron chi connectivity index (χ2n) is 4.35. The monoisotopic (exact) mass is 258 g/mol. The molecule has 16 heavy (non-hydrogen) atoms. The number of methoxy groups -OCH3 is 1. The summed E-state index contributed by atoms with van der Waals surface area (Å²) in [5.41, 5.74) is 0.411. The molecule has 0 unspecified atom stereocenters. The Labute approximate surface area is 101 Å². The minimum Gasteiger partial charge on any atom is -0.544 e. The molecular weight excluding hydrogens is 244 g/mol. The first-order valence-electron chi connectivity index (χ1n) is 4.90. The van der Waals surface area contributed by atoms with Crippen LogP contribution in [-0.4, -0.2) is 21.4 Å². The van der Waals surface area contributed by atoms with Crippen LogP contribution in [0.2, 0.25) is 24.7 Å². The Bertz CT molecular complexity index is 399. The van der Waals surface area contributed by atoms with Gasteiger partial charge in [0.15, 0.2) is 0 Å². The van der Waals surface area contributed by atoms with Crippen molar-refractivity contribution in [3.8, 4) is 5.75 Å². The molecule has 0 radical (unpaired) electrons. The Morgan fingerprint density at radius 3 is 2.44 bits per heavy atom. The van der Waals surface area contributed by atoms with E-state index in [4.69, 9.17) is 16.0 Å². The van der Waals surface area contributed by atoms with Crippen LogP contribution in [0, 0.1) is 0 Å². The number of halogens is 1. The molecule has 1 aromatic rings. The Balaban J connectivity index is 3.13. The molecule has 0 spiro atoms. The predicted octanol–water partition coefficient (Wildman–Crippen LogP) is 3.34. The van der Waals surface area contributed by atoms with Gasteiger partial charge in [-0.2, -0.15) is 0 Å². The van der Waals surface area contributed by atoms with Crippen LogP contribution in [-0.2, 0) is 4.74 Å². The number of esters is 1. The summed E-state index contributed by atoms with van der Waals surface area (Å²) in [7, 11) is -0.435. The van der Waals surface area contributed by atoms with Crippen LogP contribution in [0.25, 0.3) is 0 Å². The highest BCUT2D eigenvalue weighted by Crippen LogP contribution is 2.26. The predicted molar refractivity (Wildman–Crippen MR) is 66.8 cm³/mol. The van der Waals surface area contributed by atoms with Gasteiger partial charge in [0, 0.05) is 5.02 Å². The number of hydrogen-bond donors (Lipinski definition) is 0. The summed E-state index contributed by atoms with van der Waals surface area (Å²) in [4.78, 5) is 11.5. The Morgan fingerprint density at radius 1 is 1.31 bits per heavy atom. The van der Waals surface area contributed by atoms with Gasteiger partial charge in [-0.3, -0.25) is 0 Å². The van der Waals surface area contributed by atoms with Crippen LogP contribution in [0.4, 0.5) is 0 Å². The third-order valence-corrected chi connectivity index (χ3v) is 2.83. The lowest BCUT2D eigenvalue weighted by Gasteiger charge is -2.21. The first kappa shape index (κ1) is 13.1. The summed E-state index contributed by atoms with van der Waals surface area (Å²) in [5.74, 6) is 0.0865. The van der Waals surface area contributed by atoms with Gasteiger partial charge < -0.3 is 9.16 Å². The van der Waals surface area contributed by atoms with E-state index >= 15 is 0 Å². The summed E-state index contributed by atoms with van der Waals surface area (Å²) in [6.07, 6.45) is 0. The minimum absolute atomic E-state index is 0.411. The second-order valence-corrected chi connectivity index (χ2v) is 9.21. The zero-order valence-corrected chi connectivity index (χ0v) is 11.6. The topological polar surface area (TPSA) is 35.5 Å². The maximum atomic E-state index is 11.5. The maximum absolute atomic E-state index is 11.5. The van der Waals surface area contributed by atoms with Gasteiger partial charge in [0.25, 0.3) is 0 Å². The number of carbonyl (C=O) groups is 1. The molecule has 88 valence electrons. The number of benzene rings is 1. The van der Waals surface area contributed by atoms with Gasteiger partial charge in [0.1, 0.15) is 11.3 Å². The van der Waals surface area contributed by atoms with Crippen molar-refractivity contribution in [2.24, 2.45) is 0 Å². The van der Waals surface area contributed by atoms with Crippen molar-refractivity contribution < 1.29 is 14.0 Å². The van der Waals surface area contributed by atoms with Gasteiger partial charge in [-0.1, -0.05) is 11.6 Å². The fraction of sp³-hybridized carbons (Fsp3) is 0.364. The van der Waals surface area contributed by atoms with Crippen LogP contribution in [0.5, 0.6) is 5.75 Å². The van der Waals surface area contributed by atoms with Crippen molar-refractivity contribution in [3.63, 3.8) is 0 Å². The Morgan fingerprint density at radius 2 is 1.94 bits per heavy atom. The second kappa shape index (κ2) is 4.89. The van der Waals surface area contributed by atoms with E-state index in [1.54, 1.807) is 18.2 Å². The van der Waals surface area contributed by atoms with E-state index in [-0.39, 0.29) is 0 Å². The number of carbonyl (C=O) groups excluding carboxylic acids is 1. The number of rotatable bonds is 3. The lowest BCUT2D eigenvalue weighted by molar-refractivity contribution is 0.0598. The van der Waals surface area contributed by atoms with E-state index in [1.807, 2.05) is 19.6 Å². The molecule has 1 rings (SSSR count). The molecule has 5 heteroatoms. The van der Waals surface area contributed by atoms with Gasteiger partial charge >= 0.3 is 5.97 Å². The van der Waals surface area contributed by atoms with Crippen molar-refractivity contribution in [1.82, 2.24) is 0 Å². The Kier molecular flexibility index (Phi) is 3.99. The molecule has 0 aliphatic heterocycles. The molecule has 0 heterocycles. The van der Waals surface area contributed by atoms with Crippen molar-refractivity contribution in [1.29, 1.82) is 0 Å². The molecule has 0 N–H and O–H groups in total. The van der Waals surface area contributed by atoms with E-state index in [1.165, 1.54) is 7.11 Å². The van der Waals surface area contributed by atoms with Crippen LogP contribution in [0.1, 0.15) is 10.4 Å². The molecule has 0 aliphatic carbocycles. The molecule has 0 aromatic heterocycles. The highest BCUT2D eigenvalue weighted by Gasteiger charge is 2.21. The van der Waals surface area contributed by atoms with Gasteiger partial charge in [-0.25, -0.2) is 4.79 Å². The molecule has 0 amide bonds. The quantitative estimate of drug-likeness (QED) is 0.616. The first-order valence-corrected chi connectivity index (χ1v) is 8.69. The smallest absolute Gasteiger partial charge is 0.341 e. The fourth-order valence-corrected chi connectivity index (χ4v) is 2.18. The van der Waals surface area contributed by atoms with Crippen LogP contribution < -0.4 is 4.43 Å². The van der Waals surface area contributed by atoms with Gasteiger partial charge in [0.05, 0.1) is 7.11 Å². The summed E-state index contributed by atoms with van der Waals surface area (Å²) in [6, 6.07) is 4.90. The van der Waals surface area contributed by atoms with Crippen LogP contribution in [0.3, 0.4) is 0 Å². The van der Waals surface area contributed by atoms with Crippen molar-refractivity contribution >= 4 is 25.9 Å². The zero-order valence-electron chi connectivity index (χ0n) is 9.83. The zero-order chi connectivity index (χ0) is 12.3. The van der Waals surface area contributed by atoms with Gasteiger partial charge in [-0.05, 0) is 37.8 Å². The molecule has 3 nitrogen and oxygen atoms in total. The maximum Gasteiger partial charge on any atom is 0.341 e. The van der Waals surface area contributed by atoms with E-state index in [9.17, 15) is 4.79 Å². The molecule has 1 aromatic carbocycles. The SMILES string of the molecule is COC(=O)c1ccc(Cl)cc1O[Si](C)(C)C. The molecule has 0 saturated heterocycles. The van der Waals surface area contributed by atoms with Crippen molar-refractivity contribution in [3.05, 3.63) is 28.8 Å². The van der Waals surface area contributed by atoms with E-state index in [0.29, 0.717) is 16.3 Å². The molecular formula is C11H15ClO3Si. The number of hydrogen-bond acceptors (Lipinski definition) is 3. The van der Waals surface area contributed by atoms with Crippen molar-refractivity contribution in [2.45, 2.75) is 19.6 Å². The molecule has 0 bridgehead atoms. The average Bonchev–Trinajstić information content (AvgIpc) is 2.14. The van der Waals surface area contributed by atoms with Gasteiger partial charge in [-0.15, -0.1) is 0 Å². The molecule has 0 saturated carbocycles. The Hall–Kier alpha value is -1.00. The summed E-state index contributed by atoms with van der Waals surface area (Å²) >= 11 is 5.88. The number of ether oxygens (including phenoxy) is 1. The fourth-order valence-electron chi connectivity index (χ4n) is 1.19. The minimum atomic E-state index is -1.78. The highest BCUT2D eigenvalue weighted by atomic mass is 35.5. The van der Waals surface area contributed by atoms with Crippen LogP contribution in [0.15, 0.2) is 18.2 Å².